The highest BCUT2D eigenvalue weighted by atomic mass is 19.1. The van der Waals surface area contributed by atoms with E-state index < -0.39 is 17.8 Å². The molecule has 1 aromatic rings. The summed E-state index contributed by atoms with van der Waals surface area (Å²) in [6.45, 7) is 2.13. The van der Waals surface area contributed by atoms with Crippen molar-refractivity contribution in [1.29, 1.82) is 0 Å². The van der Waals surface area contributed by atoms with E-state index in [9.17, 15) is 14.0 Å². The van der Waals surface area contributed by atoms with Crippen LogP contribution >= 0.6 is 0 Å². The lowest BCUT2D eigenvalue weighted by molar-refractivity contribution is -0.122. The van der Waals surface area contributed by atoms with Gasteiger partial charge in [0, 0.05) is 6.42 Å². The first kappa shape index (κ1) is 21.9. The third-order valence-electron chi connectivity index (χ3n) is 4.20. The molecule has 0 saturated heterocycles. The maximum absolute atomic E-state index is 14.4. The molecule has 0 aliphatic heterocycles. The Balaban J connectivity index is 2.48. The number of unbranched alkanes of at least 4 members (excludes halogenated alkanes) is 4. The van der Waals surface area contributed by atoms with Crippen LogP contribution in [0.1, 0.15) is 63.9 Å². The highest BCUT2D eigenvalue weighted by molar-refractivity contribution is 5.79. The Kier molecular flexibility index (Phi) is 11.0. The molecular formula is C21H31FN2O2. The lowest BCUT2D eigenvalue weighted by Crippen LogP contribution is -2.38. The van der Waals surface area contributed by atoms with Crippen molar-refractivity contribution < 1.29 is 14.0 Å². The molecule has 144 valence electrons. The fourth-order valence-electron chi connectivity index (χ4n) is 2.74. The van der Waals surface area contributed by atoms with Crippen molar-refractivity contribution in [1.82, 2.24) is 5.32 Å². The maximum atomic E-state index is 14.4. The quantitative estimate of drug-likeness (QED) is 0.516. The van der Waals surface area contributed by atoms with Crippen LogP contribution in [-0.2, 0) is 16.0 Å². The van der Waals surface area contributed by atoms with Gasteiger partial charge in [-0.3, -0.25) is 9.59 Å². The minimum atomic E-state index is -0.966. The molecule has 0 aliphatic rings. The molecule has 4 nitrogen and oxygen atoms in total. The second kappa shape index (κ2) is 13.1. The van der Waals surface area contributed by atoms with E-state index in [0.717, 1.165) is 37.7 Å². The topological polar surface area (TPSA) is 72.2 Å². The van der Waals surface area contributed by atoms with Crippen molar-refractivity contribution in [3.8, 4) is 0 Å². The summed E-state index contributed by atoms with van der Waals surface area (Å²) in [4.78, 5) is 23.2. The molecule has 0 saturated carbocycles. The third-order valence-corrected chi connectivity index (χ3v) is 4.20. The van der Waals surface area contributed by atoms with Crippen LogP contribution in [0, 0.1) is 0 Å². The Hall–Kier alpha value is -2.17. The van der Waals surface area contributed by atoms with E-state index in [1.807, 2.05) is 30.3 Å². The number of halogens is 1. The summed E-state index contributed by atoms with van der Waals surface area (Å²) in [5, 5.41) is 2.60. The second-order valence-corrected chi connectivity index (χ2v) is 6.57. The number of hydrogen-bond acceptors (Lipinski definition) is 2. The molecule has 0 fully saturated rings. The van der Waals surface area contributed by atoms with Crippen molar-refractivity contribution in [2.75, 3.05) is 0 Å². The molecule has 26 heavy (non-hydrogen) atoms. The second-order valence-electron chi connectivity index (χ2n) is 6.57. The van der Waals surface area contributed by atoms with Crippen LogP contribution in [0.15, 0.2) is 42.2 Å². The van der Waals surface area contributed by atoms with E-state index >= 15 is 0 Å². The molecule has 0 bridgehead atoms. The Bertz CT molecular complexity index is 573. The summed E-state index contributed by atoms with van der Waals surface area (Å²) in [7, 11) is 0. The van der Waals surface area contributed by atoms with Gasteiger partial charge >= 0.3 is 0 Å². The zero-order valence-electron chi connectivity index (χ0n) is 15.7. The van der Waals surface area contributed by atoms with Crippen LogP contribution in [0.25, 0.3) is 0 Å². The average molecular weight is 362 g/mol. The van der Waals surface area contributed by atoms with Crippen LogP contribution in [0.2, 0.25) is 0 Å². The van der Waals surface area contributed by atoms with E-state index in [0.29, 0.717) is 19.3 Å². The lowest BCUT2D eigenvalue weighted by Gasteiger charge is -2.16. The van der Waals surface area contributed by atoms with Crippen molar-refractivity contribution in [2.45, 2.75) is 70.8 Å². The van der Waals surface area contributed by atoms with Crippen molar-refractivity contribution >= 4 is 11.8 Å². The SMILES string of the molecule is CCCCCCCC(=O)N[C@H](CC(N)=O)/C(F)=C\CCc1ccccc1. The molecule has 2 amide bonds. The van der Waals surface area contributed by atoms with Gasteiger partial charge in [0.1, 0.15) is 5.83 Å². The van der Waals surface area contributed by atoms with E-state index in [4.69, 9.17) is 5.73 Å². The maximum Gasteiger partial charge on any atom is 0.220 e. The Morgan fingerprint density at radius 2 is 1.85 bits per heavy atom. The number of carbonyl (C=O) groups is 2. The molecule has 0 spiro atoms. The largest absolute Gasteiger partial charge is 0.370 e. The fourth-order valence-corrected chi connectivity index (χ4v) is 2.74. The number of primary amides is 1. The van der Waals surface area contributed by atoms with Crippen molar-refractivity contribution in [2.24, 2.45) is 5.73 Å². The van der Waals surface area contributed by atoms with E-state index in [-0.39, 0.29) is 12.3 Å². The molecule has 1 aromatic carbocycles. The first-order valence-corrected chi connectivity index (χ1v) is 9.50. The molecule has 0 unspecified atom stereocenters. The predicted molar refractivity (Wildman–Crippen MR) is 103 cm³/mol. The van der Waals surface area contributed by atoms with Gasteiger partial charge in [-0.25, -0.2) is 4.39 Å². The molecule has 5 heteroatoms. The van der Waals surface area contributed by atoms with Gasteiger partial charge in [-0.1, -0.05) is 69.0 Å². The molecule has 0 aliphatic carbocycles. The standard InChI is InChI=1S/C21H31FN2O2/c1-2-3-4-5-9-15-21(26)24-19(16-20(23)25)18(22)14-10-13-17-11-7-6-8-12-17/h6-8,11-12,14,19H,2-5,9-10,13,15-16H2,1H3,(H2,23,25)(H,24,26)/b18-14+/t19-/m1/s1. The Morgan fingerprint density at radius 1 is 1.15 bits per heavy atom. The smallest absolute Gasteiger partial charge is 0.220 e. The number of aryl methyl sites for hydroxylation is 1. The summed E-state index contributed by atoms with van der Waals surface area (Å²) < 4.78 is 14.4. The number of nitrogens with one attached hydrogen (secondary N) is 1. The summed E-state index contributed by atoms with van der Waals surface area (Å²) in [6.07, 6.45) is 7.90. The fraction of sp³-hybridized carbons (Fsp3) is 0.524. The summed E-state index contributed by atoms with van der Waals surface area (Å²) in [5.74, 6) is -1.37. The molecule has 0 heterocycles. The number of benzene rings is 1. The zero-order valence-corrected chi connectivity index (χ0v) is 15.7. The number of nitrogens with two attached hydrogens (primary N) is 1. The number of allylic oxidation sites excluding steroid dienone is 1. The van der Waals surface area contributed by atoms with Crippen LogP contribution < -0.4 is 11.1 Å². The van der Waals surface area contributed by atoms with Gasteiger partial charge in [-0.05, 0) is 24.8 Å². The molecule has 0 aromatic heterocycles. The van der Waals surface area contributed by atoms with Gasteiger partial charge in [-0.2, -0.15) is 0 Å². The van der Waals surface area contributed by atoms with E-state index in [1.54, 1.807) is 0 Å². The highest BCUT2D eigenvalue weighted by Crippen LogP contribution is 2.13. The average Bonchev–Trinajstić information content (AvgIpc) is 2.61. The Morgan fingerprint density at radius 3 is 2.50 bits per heavy atom. The predicted octanol–water partition coefficient (Wildman–Crippen LogP) is 4.19. The first-order chi connectivity index (χ1) is 12.5. The summed E-state index contributed by atoms with van der Waals surface area (Å²) >= 11 is 0. The minimum Gasteiger partial charge on any atom is -0.370 e. The molecule has 1 rings (SSSR count). The molecule has 3 N–H and O–H groups in total. The van der Waals surface area contributed by atoms with Crippen LogP contribution in [0.5, 0.6) is 0 Å². The molecule has 0 radical (unpaired) electrons. The van der Waals surface area contributed by atoms with Crippen LogP contribution in [-0.4, -0.2) is 17.9 Å². The summed E-state index contributed by atoms with van der Waals surface area (Å²) in [6, 6.07) is 8.80. The van der Waals surface area contributed by atoms with Gasteiger partial charge in [0.2, 0.25) is 11.8 Å². The van der Waals surface area contributed by atoms with E-state index in [1.165, 1.54) is 6.08 Å². The number of hydrogen-bond donors (Lipinski definition) is 2. The number of rotatable bonds is 13. The lowest BCUT2D eigenvalue weighted by atomic mass is 10.1. The Labute approximate surface area is 156 Å². The number of amides is 2. The third kappa shape index (κ3) is 9.97. The van der Waals surface area contributed by atoms with Gasteiger partial charge in [0.15, 0.2) is 0 Å². The summed E-state index contributed by atoms with van der Waals surface area (Å²) in [5.41, 5.74) is 6.31. The van der Waals surface area contributed by atoms with Gasteiger partial charge < -0.3 is 11.1 Å². The molecule has 1 atom stereocenters. The normalized spacial score (nSPS) is 12.6. The van der Waals surface area contributed by atoms with Gasteiger partial charge in [0.25, 0.3) is 0 Å². The van der Waals surface area contributed by atoms with Crippen molar-refractivity contribution in [3.05, 3.63) is 47.8 Å². The number of carbonyl (C=O) groups excluding carboxylic acids is 2. The minimum absolute atomic E-state index is 0.227. The monoisotopic (exact) mass is 362 g/mol. The van der Waals surface area contributed by atoms with Gasteiger partial charge in [-0.15, -0.1) is 0 Å². The van der Waals surface area contributed by atoms with Crippen LogP contribution in [0.3, 0.4) is 0 Å². The highest BCUT2D eigenvalue weighted by Gasteiger charge is 2.19. The zero-order chi connectivity index (χ0) is 19.2. The first-order valence-electron chi connectivity index (χ1n) is 9.50. The van der Waals surface area contributed by atoms with Crippen LogP contribution in [0.4, 0.5) is 4.39 Å². The van der Waals surface area contributed by atoms with E-state index in [2.05, 4.69) is 12.2 Å². The van der Waals surface area contributed by atoms with Crippen molar-refractivity contribution in [3.63, 3.8) is 0 Å². The van der Waals surface area contributed by atoms with Gasteiger partial charge in [0.05, 0.1) is 12.5 Å². The molecular weight excluding hydrogens is 331 g/mol.